The van der Waals surface area contributed by atoms with Crippen molar-refractivity contribution in [3.05, 3.63) is 59.2 Å². The molecule has 0 saturated heterocycles. The van der Waals surface area contributed by atoms with E-state index in [1.807, 2.05) is 43.3 Å². The van der Waals surface area contributed by atoms with Gasteiger partial charge in [-0.05, 0) is 31.0 Å². The molecular formula is C18H20O3. The lowest BCUT2D eigenvalue weighted by molar-refractivity contribution is 0.101. The quantitative estimate of drug-likeness (QED) is 0.751. The Morgan fingerprint density at radius 2 is 1.81 bits per heavy atom. The minimum atomic E-state index is 0.0414. The second-order valence-electron chi connectivity index (χ2n) is 4.81. The minimum absolute atomic E-state index is 0.0414. The number of ether oxygens (including phenoxy) is 2. The van der Waals surface area contributed by atoms with E-state index in [9.17, 15) is 4.79 Å². The lowest BCUT2D eigenvalue weighted by atomic mass is 10.0. The molecule has 0 fully saturated rings. The lowest BCUT2D eigenvalue weighted by Gasteiger charge is -2.16. The third-order valence-corrected chi connectivity index (χ3v) is 3.40. The first-order chi connectivity index (χ1) is 10.2. The smallest absolute Gasteiger partial charge is 0.164 e. The first-order valence-electron chi connectivity index (χ1n) is 7.04. The maximum Gasteiger partial charge on any atom is 0.164 e. The van der Waals surface area contributed by atoms with Gasteiger partial charge in [-0.1, -0.05) is 37.3 Å². The molecule has 0 spiro atoms. The number of carbonyl (C=O) groups is 1. The molecule has 0 bridgehead atoms. The zero-order chi connectivity index (χ0) is 15.2. The highest BCUT2D eigenvalue weighted by Crippen LogP contribution is 2.34. The van der Waals surface area contributed by atoms with Crippen molar-refractivity contribution in [2.75, 3.05) is 7.11 Å². The predicted octanol–water partition coefficient (Wildman–Crippen LogP) is 4.04. The van der Waals surface area contributed by atoms with Gasteiger partial charge in [-0.15, -0.1) is 0 Å². The van der Waals surface area contributed by atoms with Crippen LogP contribution >= 0.6 is 0 Å². The molecule has 0 aliphatic heterocycles. The Kier molecular flexibility index (Phi) is 4.99. The summed E-state index contributed by atoms with van der Waals surface area (Å²) in [5, 5.41) is 0. The van der Waals surface area contributed by atoms with E-state index in [0.29, 0.717) is 23.7 Å². The van der Waals surface area contributed by atoms with Crippen molar-refractivity contribution in [2.45, 2.75) is 26.9 Å². The molecule has 0 aliphatic carbocycles. The predicted molar refractivity (Wildman–Crippen MR) is 83.2 cm³/mol. The van der Waals surface area contributed by atoms with E-state index < -0.39 is 0 Å². The fourth-order valence-electron chi connectivity index (χ4n) is 2.36. The minimum Gasteiger partial charge on any atom is -0.493 e. The van der Waals surface area contributed by atoms with E-state index in [2.05, 4.69) is 0 Å². The summed E-state index contributed by atoms with van der Waals surface area (Å²) in [4.78, 5) is 11.7. The fraction of sp³-hybridized carbons (Fsp3) is 0.278. The van der Waals surface area contributed by atoms with Gasteiger partial charge in [0.25, 0.3) is 0 Å². The maximum atomic E-state index is 11.7. The number of hydrogen-bond acceptors (Lipinski definition) is 3. The van der Waals surface area contributed by atoms with Crippen LogP contribution in [0.15, 0.2) is 42.5 Å². The number of benzene rings is 2. The molecule has 0 aromatic heterocycles. The standard InChI is InChI=1S/C18H20O3/c1-4-15-16(13(2)19)10-11-17(18(15)20-3)21-12-14-8-6-5-7-9-14/h5-11H,4,12H2,1-3H3. The van der Waals surface area contributed by atoms with Crippen molar-refractivity contribution in [1.29, 1.82) is 0 Å². The third-order valence-electron chi connectivity index (χ3n) is 3.40. The van der Waals surface area contributed by atoms with Gasteiger partial charge in [0.05, 0.1) is 7.11 Å². The molecule has 2 aromatic carbocycles. The first kappa shape index (κ1) is 15.1. The molecule has 0 aliphatic rings. The molecule has 3 nitrogen and oxygen atoms in total. The second kappa shape index (κ2) is 6.93. The Bertz CT molecular complexity index is 618. The van der Waals surface area contributed by atoms with Crippen LogP contribution < -0.4 is 9.47 Å². The Labute approximate surface area is 125 Å². The van der Waals surface area contributed by atoms with Gasteiger partial charge in [0.1, 0.15) is 6.61 Å². The van der Waals surface area contributed by atoms with E-state index >= 15 is 0 Å². The van der Waals surface area contributed by atoms with Gasteiger partial charge in [0, 0.05) is 11.1 Å². The first-order valence-corrected chi connectivity index (χ1v) is 7.04. The van der Waals surface area contributed by atoms with E-state index in [4.69, 9.17) is 9.47 Å². The monoisotopic (exact) mass is 284 g/mol. The number of carbonyl (C=O) groups excluding carboxylic acids is 1. The van der Waals surface area contributed by atoms with Crippen LogP contribution in [-0.2, 0) is 13.0 Å². The van der Waals surface area contributed by atoms with Crippen molar-refractivity contribution in [1.82, 2.24) is 0 Å². The van der Waals surface area contributed by atoms with Gasteiger partial charge in [-0.25, -0.2) is 0 Å². The number of hydrogen-bond donors (Lipinski definition) is 0. The summed E-state index contributed by atoms with van der Waals surface area (Å²) in [6, 6.07) is 13.6. The van der Waals surface area contributed by atoms with Crippen molar-refractivity contribution in [3.63, 3.8) is 0 Å². The van der Waals surface area contributed by atoms with E-state index in [1.54, 1.807) is 20.1 Å². The lowest BCUT2D eigenvalue weighted by Crippen LogP contribution is -2.05. The van der Waals surface area contributed by atoms with Crippen LogP contribution in [-0.4, -0.2) is 12.9 Å². The zero-order valence-corrected chi connectivity index (χ0v) is 12.7. The second-order valence-corrected chi connectivity index (χ2v) is 4.81. The van der Waals surface area contributed by atoms with Gasteiger partial charge in [0.2, 0.25) is 0 Å². The van der Waals surface area contributed by atoms with Crippen LogP contribution in [0.2, 0.25) is 0 Å². The third kappa shape index (κ3) is 3.43. The summed E-state index contributed by atoms with van der Waals surface area (Å²) < 4.78 is 11.3. The van der Waals surface area contributed by atoms with Gasteiger partial charge in [0.15, 0.2) is 17.3 Å². The summed E-state index contributed by atoms with van der Waals surface area (Å²) in [5.41, 5.74) is 2.69. The average Bonchev–Trinajstić information content (AvgIpc) is 2.52. The Balaban J connectivity index is 2.29. The van der Waals surface area contributed by atoms with Crippen LogP contribution in [0.4, 0.5) is 0 Å². The SMILES string of the molecule is CCc1c(C(C)=O)ccc(OCc2ccccc2)c1OC. The zero-order valence-electron chi connectivity index (χ0n) is 12.7. The maximum absolute atomic E-state index is 11.7. The molecule has 0 unspecified atom stereocenters. The molecule has 3 heteroatoms. The van der Waals surface area contributed by atoms with E-state index in [0.717, 1.165) is 17.5 Å². The largest absolute Gasteiger partial charge is 0.493 e. The van der Waals surface area contributed by atoms with Crippen LogP contribution in [0.3, 0.4) is 0 Å². The summed E-state index contributed by atoms with van der Waals surface area (Å²) in [6.07, 6.45) is 0.723. The molecular weight excluding hydrogens is 264 g/mol. The van der Waals surface area contributed by atoms with Gasteiger partial charge >= 0.3 is 0 Å². The fourth-order valence-corrected chi connectivity index (χ4v) is 2.36. The van der Waals surface area contributed by atoms with Crippen molar-refractivity contribution >= 4 is 5.78 Å². The number of rotatable bonds is 6. The number of ketones is 1. The van der Waals surface area contributed by atoms with Gasteiger partial charge in [-0.2, -0.15) is 0 Å². The van der Waals surface area contributed by atoms with Crippen molar-refractivity contribution < 1.29 is 14.3 Å². The van der Waals surface area contributed by atoms with Crippen molar-refractivity contribution in [3.8, 4) is 11.5 Å². The molecule has 2 aromatic rings. The highest BCUT2D eigenvalue weighted by molar-refractivity contribution is 5.96. The van der Waals surface area contributed by atoms with Crippen molar-refractivity contribution in [2.24, 2.45) is 0 Å². The number of methoxy groups -OCH3 is 1. The molecule has 0 atom stereocenters. The molecule has 110 valence electrons. The molecule has 21 heavy (non-hydrogen) atoms. The van der Waals surface area contributed by atoms with E-state index in [-0.39, 0.29) is 5.78 Å². The molecule has 0 heterocycles. The summed E-state index contributed by atoms with van der Waals surface area (Å²) in [7, 11) is 1.60. The Morgan fingerprint density at radius 1 is 1.10 bits per heavy atom. The normalized spacial score (nSPS) is 10.2. The summed E-state index contributed by atoms with van der Waals surface area (Å²) in [5.74, 6) is 1.36. The Hall–Kier alpha value is -2.29. The highest BCUT2D eigenvalue weighted by Gasteiger charge is 2.16. The highest BCUT2D eigenvalue weighted by atomic mass is 16.5. The molecule has 2 rings (SSSR count). The topological polar surface area (TPSA) is 35.5 Å². The molecule has 0 radical (unpaired) electrons. The average molecular weight is 284 g/mol. The number of Topliss-reactive ketones (excluding diaryl/α,β-unsaturated/α-hetero) is 1. The Morgan fingerprint density at radius 3 is 2.38 bits per heavy atom. The van der Waals surface area contributed by atoms with Gasteiger partial charge in [-0.3, -0.25) is 4.79 Å². The molecule has 0 N–H and O–H groups in total. The van der Waals surface area contributed by atoms with Crippen LogP contribution in [0.1, 0.15) is 35.3 Å². The summed E-state index contributed by atoms with van der Waals surface area (Å²) in [6.45, 7) is 4.05. The van der Waals surface area contributed by atoms with Crippen LogP contribution in [0, 0.1) is 0 Å². The molecule has 0 amide bonds. The van der Waals surface area contributed by atoms with E-state index in [1.165, 1.54) is 0 Å². The van der Waals surface area contributed by atoms with Crippen LogP contribution in [0.5, 0.6) is 11.5 Å². The summed E-state index contributed by atoms with van der Waals surface area (Å²) >= 11 is 0. The van der Waals surface area contributed by atoms with Crippen LogP contribution in [0.25, 0.3) is 0 Å². The molecule has 0 saturated carbocycles. The van der Waals surface area contributed by atoms with Gasteiger partial charge < -0.3 is 9.47 Å².